The second kappa shape index (κ2) is 8.16. The predicted molar refractivity (Wildman–Crippen MR) is 109 cm³/mol. The van der Waals surface area contributed by atoms with Gasteiger partial charge in [0.2, 0.25) is 10.0 Å². The number of sulfonamides is 1. The van der Waals surface area contributed by atoms with Crippen LogP contribution in [0.2, 0.25) is 0 Å². The molecule has 0 aliphatic heterocycles. The Kier molecular flexibility index (Phi) is 6.16. The fourth-order valence-corrected chi connectivity index (χ4v) is 6.01. The number of benzene rings is 2. The molecule has 1 heterocycles. The van der Waals surface area contributed by atoms with E-state index in [1.54, 1.807) is 25.1 Å². The van der Waals surface area contributed by atoms with Crippen LogP contribution in [0.4, 0.5) is 5.69 Å². The molecule has 14 heteroatoms. The number of anilines is 1. The predicted octanol–water partition coefficient (Wildman–Crippen LogP) is 3.32. The minimum atomic E-state index is -4.45. The lowest BCUT2D eigenvalue weighted by Crippen LogP contribution is -2.10. The van der Waals surface area contributed by atoms with Gasteiger partial charge in [-0.1, -0.05) is 11.1 Å². The van der Waals surface area contributed by atoms with Crippen molar-refractivity contribution in [1.29, 1.82) is 0 Å². The quantitative estimate of drug-likeness (QED) is 0.199. The van der Waals surface area contributed by atoms with E-state index in [-0.39, 0.29) is 15.5 Å². The number of nitrogens with zero attached hydrogens (tertiary/aromatic N) is 1. The first kappa shape index (κ1) is 21.9. The number of fused-ring (bicyclic) bond motifs is 1. The van der Waals surface area contributed by atoms with Gasteiger partial charge >= 0.3 is 0 Å². The first-order valence-corrected chi connectivity index (χ1v) is 12.5. The summed E-state index contributed by atoms with van der Waals surface area (Å²) in [4.78, 5) is 4.45. The summed E-state index contributed by atoms with van der Waals surface area (Å²) >= 11 is 1.61. The van der Waals surface area contributed by atoms with Crippen molar-refractivity contribution in [3.8, 4) is 10.6 Å². The summed E-state index contributed by atoms with van der Waals surface area (Å²) in [6.45, 7) is 1.56. The molecule has 3 aromatic rings. The second-order valence-electron chi connectivity index (χ2n) is 5.86. The maximum Gasteiger partial charge on any atom is 0.296 e. The second-order valence-corrected chi connectivity index (χ2v) is 10.7. The third kappa shape index (κ3) is 5.04. The van der Waals surface area contributed by atoms with E-state index in [9.17, 15) is 21.4 Å². The highest BCUT2D eigenvalue weighted by atomic mass is 32.2. The topological polar surface area (TPSA) is 152 Å². The molecule has 0 aliphatic carbocycles. The Bertz CT molecular complexity index is 1290. The Morgan fingerprint density at radius 1 is 1.17 bits per heavy atom. The lowest BCUT2D eigenvalue weighted by atomic mass is 10.2. The molecule has 0 fully saturated rings. The summed E-state index contributed by atoms with van der Waals surface area (Å²) in [6, 6.07) is 7.74. The number of aromatic nitrogens is 1. The maximum atomic E-state index is 11.8. The zero-order valence-corrected chi connectivity index (χ0v) is 18.1. The first-order chi connectivity index (χ1) is 13.5. The van der Waals surface area contributed by atoms with E-state index >= 15 is 0 Å². The van der Waals surface area contributed by atoms with E-state index in [0.29, 0.717) is 38.4 Å². The van der Waals surface area contributed by atoms with Gasteiger partial charge in [-0.25, -0.2) is 18.7 Å². The molecule has 1 aromatic heterocycles. The fourth-order valence-electron chi connectivity index (χ4n) is 2.57. The van der Waals surface area contributed by atoms with E-state index < -0.39 is 20.1 Å². The Morgan fingerprint density at radius 3 is 2.52 bits per heavy atom. The van der Waals surface area contributed by atoms with Gasteiger partial charge < -0.3 is 0 Å². The third-order valence-corrected chi connectivity index (χ3v) is 7.19. The molecular formula is C15H14N2O8S4. The number of thiazole rings is 1. The Hall–Kier alpha value is -1.78. The van der Waals surface area contributed by atoms with Crippen LogP contribution >= 0.6 is 23.4 Å². The minimum absolute atomic E-state index is 0.175. The molecule has 0 bridgehead atoms. The third-order valence-electron chi connectivity index (χ3n) is 3.65. The fraction of sp³-hybridized carbons (Fsp3) is 0.133. The van der Waals surface area contributed by atoms with E-state index in [2.05, 4.69) is 19.1 Å². The van der Waals surface area contributed by atoms with E-state index in [1.807, 2.05) is 0 Å². The molecule has 0 aliphatic rings. The van der Waals surface area contributed by atoms with Crippen LogP contribution < -0.4 is 4.72 Å². The van der Waals surface area contributed by atoms with Gasteiger partial charge in [-0.3, -0.25) is 9.27 Å². The number of nitrogens with one attached hydrogen (secondary N) is 1. The van der Waals surface area contributed by atoms with Crippen molar-refractivity contribution >= 4 is 59.4 Å². The molecule has 0 unspecified atom stereocenters. The molecule has 3 rings (SSSR count). The van der Waals surface area contributed by atoms with Crippen LogP contribution in [0.1, 0.15) is 5.56 Å². The maximum absolute atomic E-state index is 11.8. The van der Waals surface area contributed by atoms with Crippen molar-refractivity contribution in [3.63, 3.8) is 0 Å². The number of aryl methyl sites for hydroxylation is 1. The molecule has 3 N–H and O–H groups in total. The summed E-state index contributed by atoms with van der Waals surface area (Å²) < 4.78 is 63.2. The average molecular weight is 479 g/mol. The van der Waals surface area contributed by atoms with Crippen LogP contribution in [0.15, 0.2) is 40.1 Å². The van der Waals surface area contributed by atoms with Gasteiger partial charge in [0, 0.05) is 5.56 Å². The van der Waals surface area contributed by atoms with Crippen LogP contribution in [0.3, 0.4) is 0 Å². The number of rotatable bonds is 7. The van der Waals surface area contributed by atoms with Gasteiger partial charge in [0.05, 0.1) is 39.1 Å². The molecule has 0 radical (unpaired) electrons. The molecule has 2 aromatic carbocycles. The van der Waals surface area contributed by atoms with Crippen molar-refractivity contribution < 1.29 is 36.0 Å². The number of hydrogen-bond acceptors (Lipinski definition) is 10. The van der Waals surface area contributed by atoms with Crippen molar-refractivity contribution in [2.75, 3.05) is 11.0 Å². The Balaban J connectivity index is 2.14. The lowest BCUT2D eigenvalue weighted by Gasteiger charge is -2.10. The van der Waals surface area contributed by atoms with Crippen molar-refractivity contribution in [2.24, 2.45) is 0 Å². The van der Waals surface area contributed by atoms with Gasteiger partial charge in [-0.05, 0) is 36.8 Å². The van der Waals surface area contributed by atoms with Gasteiger partial charge in [-0.2, -0.15) is 8.42 Å². The summed E-state index contributed by atoms with van der Waals surface area (Å²) in [5.74, 6) is 0. The number of hydrogen-bond donors (Lipinski definition) is 3. The van der Waals surface area contributed by atoms with E-state index in [4.69, 9.17) is 5.26 Å². The zero-order chi connectivity index (χ0) is 21.4. The average Bonchev–Trinajstić information content (AvgIpc) is 3.02. The molecule has 156 valence electrons. The smallest absolute Gasteiger partial charge is 0.283 e. The van der Waals surface area contributed by atoms with Crippen LogP contribution in [0.5, 0.6) is 0 Å². The highest BCUT2D eigenvalue weighted by Crippen LogP contribution is 2.38. The molecule has 0 amide bonds. The molecular weight excluding hydrogens is 464 g/mol. The molecule has 10 nitrogen and oxygen atoms in total. The van der Waals surface area contributed by atoms with Gasteiger partial charge in [0.1, 0.15) is 9.90 Å². The van der Waals surface area contributed by atoms with Crippen LogP contribution in [0, 0.1) is 6.92 Å². The standard InChI is InChI=1S/C15H14N2O8S4/c1-8-3-5-11-13(14(8)29(21,22)23)26-15(16-11)9-4-6-10(17-28(2,19)20)12(7-9)27-25-24-18/h3-7,17-18H,1-2H3,(H,21,22,23). The van der Waals surface area contributed by atoms with Gasteiger partial charge in [0.15, 0.2) is 0 Å². The summed E-state index contributed by atoms with van der Waals surface area (Å²) in [5.41, 5.74) is 1.46. The van der Waals surface area contributed by atoms with Crippen LogP contribution in [0.25, 0.3) is 20.8 Å². The highest BCUT2D eigenvalue weighted by Gasteiger charge is 2.21. The zero-order valence-electron chi connectivity index (χ0n) is 14.8. The summed E-state index contributed by atoms with van der Waals surface area (Å²) in [7, 11) is -8.03. The normalized spacial score (nSPS) is 12.4. The molecule has 0 atom stereocenters. The Morgan fingerprint density at radius 2 is 1.90 bits per heavy atom. The van der Waals surface area contributed by atoms with Crippen LogP contribution in [-0.2, 0) is 29.5 Å². The van der Waals surface area contributed by atoms with Crippen molar-refractivity contribution in [3.05, 3.63) is 35.9 Å². The van der Waals surface area contributed by atoms with Gasteiger partial charge in [0.25, 0.3) is 10.1 Å². The largest absolute Gasteiger partial charge is 0.296 e. The Labute approximate surface area is 174 Å². The van der Waals surface area contributed by atoms with Crippen molar-refractivity contribution in [1.82, 2.24) is 4.98 Å². The van der Waals surface area contributed by atoms with E-state index in [0.717, 1.165) is 17.6 Å². The molecule has 0 saturated heterocycles. The van der Waals surface area contributed by atoms with E-state index in [1.165, 1.54) is 12.1 Å². The monoisotopic (exact) mass is 478 g/mol. The molecule has 0 saturated carbocycles. The summed E-state index contributed by atoms with van der Waals surface area (Å²) in [6.07, 6.45) is 0.978. The van der Waals surface area contributed by atoms with Gasteiger partial charge in [-0.15, -0.1) is 15.7 Å². The highest BCUT2D eigenvalue weighted by molar-refractivity contribution is 7.95. The lowest BCUT2D eigenvalue weighted by molar-refractivity contribution is -0.432. The molecule has 29 heavy (non-hydrogen) atoms. The SMILES string of the molecule is Cc1ccc2nc(-c3ccc(NS(C)(=O)=O)c(SOOO)c3)sc2c1S(=O)(=O)O. The van der Waals surface area contributed by atoms with Crippen LogP contribution in [-0.4, -0.2) is 37.9 Å². The molecule has 0 spiro atoms. The first-order valence-electron chi connectivity index (χ1n) is 7.64. The van der Waals surface area contributed by atoms with Crippen molar-refractivity contribution in [2.45, 2.75) is 16.7 Å². The minimum Gasteiger partial charge on any atom is -0.283 e. The summed E-state index contributed by atoms with van der Waals surface area (Å²) in [5, 5.41) is 12.4.